The second-order valence-corrected chi connectivity index (χ2v) is 6.43. The van der Waals surface area contributed by atoms with E-state index in [0.29, 0.717) is 12.4 Å². The summed E-state index contributed by atoms with van der Waals surface area (Å²) in [6, 6.07) is 17.0. The first-order valence-electron chi connectivity index (χ1n) is 9.13. The molecule has 2 aromatic heterocycles. The number of aryl methyl sites for hydroxylation is 1. The molecule has 2 N–H and O–H groups in total. The highest BCUT2D eigenvalue weighted by atomic mass is 16.2. The molecule has 0 unspecified atom stereocenters. The zero-order valence-corrected chi connectivity index (χ0v) is 15.4. The van der Waals surface area contributed by atoms with Gasteiger partial charge in [-0.2, -0.15) is 4.98 Å². The van der Waals surface area contributed by atoms with Crippen LogP contribution in [-0.4, -0.2) is 30.2 Å². The molecule has 0 spiro atoms. The van der Waals surface area contributed by atoms with Crippen LogP contribution in [0.2, 0.25) is 0 Å². The van der Waals surface area contributed by atoms with Crippen LogP contribution in [0.15, 0.2) is 59.4 Å². The highest BCUT2D eigenvalue weighted by Gasteiger charge is 2.16. The number of aromatic nitrogens is 5. The maximum atomic E-state index is 12.8. The van der Waals surface area contributed by atoms with Crippen LogP contribution in [-0.2, 0) is 17.9 Å². The molecule has 0 bridgehead atoms. The molecule has 4 aromatic rings. The Bertz CT molecular complexity index is 1170. The van der Waals surface area contributed by atoms with Crippen LogP contribution in [0, 0.1) is 0 Å². The third-order valence-electron chi connectivity index (χ3n) is 4.46. The standard InChI is InChI=1S/C20H20N6O2/c1-2-12-25-15-10-6-7-11-16(15)26(20(25)28)13-17(27)21-19-22-18(23-24-19)14-8-4-3-5-9-14/h3-11H,2,12-13H2,1H3,(H2,21,22,23,24,27). The summed E-state index contributed by atoms with van der Waals surface area (Å²) >= 11 is 0. The number of H-pyrrole nitrogens is 1. The molecule has 0 atom stereocenters. The predicted molar refractivity (Wildman–Crippen MR) is 107 cm³/mol. The van der Waals surface area contributed by atoms with Crippen LogP contribution in [0.3, 0.4) is 0 Å². The first kappa shape index (κ1) is 17.7. The number of carbonyl (C=O) groups excluding carboxylic acids is 1. The normalized spacial score (nSPS) is 11.0. The monoisotopic (exact) mass is 376 g/mol. The first-order chi connectivity index (χ1) is 13.7. The lowest BCUT2D eigenvalue weighted by Gasteiger charge is -2.03. The predicted octanol–water partition coefficient (Wildman–Crippen LogP) is 2.64. The molecule has 1 amide bonds. The number of rotatable bonds is 6. The van der Waals surface area contributed by atoms with Crippen LogP contribution in [0.5, 0.6) is 0 Å². The van der Waals surface area contributed by atoms with Crippen molar-refractivity contribution in [1.82, 2.24) is 24.3 Å². The van der Waals surface area contributed by atoms with Gasteiger partial charge in [0.15, 0.2) is 5.82 Å². The molecule has 0 fully saturated rings. The average molecular weight is 376 g/mol. The van der Waals surface area contributed by atoms with E-state index in [1.165, 1.54) is 4.57 Å². The molecular formula is C20H20N6O2. The number of fused-ring (bicyclic) bond motifs is 1. The second-order valence-electron chi connectivity index (χ2n) is 6.43. The average Bonchev–Trinajstić information content (AvgIpc) is 3.28. The van der Waals surface area contributed by atoms with Gasteiger partial charge in [0.1, 0.15) is 6.54 Å². The zero-order chi connectivity index (χ0) is 19.5. The van der Waals surface area contributed by atoms with Gasteiger partial charge in [-0.05, 0) is 18.6 Å². The molecule has 0 aliphatic heterocycles. The van der Waals surface area contributed by atoms with E-state index in [0.717, 1.165) is 23.0 Å². The van der Waals surface area contributed by atoms with Crippen molar-refractivity contribution in [3.63, 3.8) is 0 Å². The van der Waals surface area contributed by atoms with Crippen molar-refractivity contribution in [3.05, 3.63) is 65.1 Å². The molecule has 28 heavy (non-hydrogen) atoms. The van der Waals surface area contributed by atoms with Crippen LogP contribution in [0.1, 0.15) is 13.3 Å². The summed E-state index contributed by atoms with van der Waals surface area (Å²) in [7, 11) is 0. The van der Waals surface area contributed by atoms with Crippen molar-refractivity contribution in [2.45, 2.75) is 26.4 Å². The lowest BCUT2D eigenvalue weighted by atomic mass is 10.2. The number of nitrogens with zero attached hydrogens (tertiary/aromatic N) is 4. The molecule has 8 nitrogen and oxygen atoms in total. The van der Waals surface area contributed by atoms with Crippen LogP contribution in [0.4, 0.5) is 5.95 Å². The van der Waals surface area contributed by atoms with Crippen LogP contribution >= 0.6 is 0 Å². The number of hydrogen-bond acceptors (Lipinski definition) is 4. The molecular weight excluding hydrogens is 356 g/mol. The van der Waals surface area contributed by atoms with Gasteiger partial charge in [-0.3, -0.25) is 24.3 Å². The second kappa shape index (κ2) is 7.51. The van der Waals surface area contributed by atoms with Crippen molar-refractivity contribution in [1.29, 1.82) is 0 Å². The minimum absolute atomic E-state index is 0.106. The number of aromatic amines is 1. The van der Waals surface area contributed by atoms with Gasteiger partial charge in [0.2, 0.25) is 11.9 Å². The minimum Gasteiger partial charge on any atom is -0.292 e. The summed E-state index contributed by atoms with van der Waals surface area (Å²) < 4.78 is 3.17. The number of imidazole rings is 1. The Kier molecular flexibility index (Phi) is 4.76. The van der Waals surface area contributed by atoms with E-state index in [-0.39, 0.29) is 24.1 Å². The molecule has 0 aliphatic carbocycles. The van der Waals surface area contributed by atoms with Gasteiger partial charge in [0.25, 0.3) is 0 Å². The minimum atomic E-state index is -0.361. The van der Waals surface area contributed by atoms with Crippen molar-refractivity contribution in [3.8, 4) is 11.4 Å². The van der Waals surface area contributed by atoms with Crippen molar-refractivity contribution in [2.24, 2.45) is 0 Å². The van der Waals surface area contributed by atoms with Crippen molar-refractivity contribution < 1.29 is 4.79 Å². The van der Waals surface area contributed by atoms with Crippen LogP contribution in [0.25, 0.3) is 22.4 Å². The Hall–Kier alpha value is -3.68. The lowest BCUT2D eigenvalue weighted by Crippen LogP contribution is -2.29. The third-order valence-corrected chi connectivity index (χ3v) is 4.46. The fourth-order valence-corrected chi connectivity index (χ4v) is 3.22. The number of nitrogens with one attached hydrogen (secondary N) is 2. The Labute approximate surface area is 160 Å². The van der Waals surface area contributed by atoms with Gasteiger partial charge in [-0.15, -0.1) is 5.10 Å². The quantitative estimate of drug-likeness (QED) is 0.540. The molecule has 142 valence electrons. The Balaban J connectivity index is 1.56. The summed E-state index contributed by atoms with van der Waals surface area (Å²) in [5, 5.41) is 9.49. The summed E-state index contributed by atoms with van der Waals surface area (Å²) in [5.74, 6) is 0.377. The fraction of sp³-hybridized carbons (Fsp3) is 0.200. The Morgan fingerprint density at radius 2 is 1.71 bits per heavy atom. The van der Waals surface area contributed by atoms with E-state index in [9.17, 15) is 9.59 Å². The van der Waals surface area contributed by atoms with Gasteiger partial charge in [-0.25, -0.2) is 4.79 Å². The highest BCUT2D eigenvalue weighted by molar-refractivity contribution is 5.90. The third kappa shape index (κ3) is 3.32. The maximum Gasteiger partial charge on any atom is 0.329 e. The van der Waals surface area contributed by atoms with Gasteiger partial charge in [0, 0.05) is 12.1 Å². The van der Waals surface area contributed by atoms with Crippen molar-refractivity contribution >= 4 is 22.9 Å². The van der Waals surface area contributed by atoms with E-state index in [2.05, 4.69) is 20.5 Å². The smallest absolute Gasteiger partial charge is 0.292 e. The maximum absolute atomic E-state index is 12.8. The SMILES string of the molecule is CCCn1c(=O)n(CC(=O)Nc2n[nH]c(-c3ccccc3)n2)c2ccccc21. The summed E-state index contributed by atoms with van der Waals surface area (Å²) in [6.07, 6.45) is 0.833. The van der Waals surface area contributed by atoms with E-state index < -0.39 is 0 Å². The van der Waals surface area contributed by atoms with Crippen LogP contribution < -0.4 is 11.0 Å². The molecule has 0 radical (unpaired) electrons. The Morgan fingerprint density at radius 3 is 2.43 bits per heavy atom. The number of para-hydroxylation sites is 2. The molecule has 0 saturated carbocycles. The van der Waals surface area contributed by atoms with Gasteiger partial charge in [-0.1, -0.05) is 49.4 Å². The van der Waals surface area contributed by atoms with Crippen molar-refractivity contribution in [2.75, 3.05) is 5.32 Å². The first-order valence-corrected chi connectivity index (χ1v) is 9.13. The molecule has 2 aromatic carbocycles. The number of amides is 1. The lowest BCUT2D eigenvalue weighted by molar-refractivity contribution is -0.116. The molecule has 2 heterocycles. The summed E-state index contributed by atoms with van der Waals surface area (Å²) in [5.41, 5.74) is 2.23. The number of anilines is 1. The van der Waals surface area contributed by atoms with E-state index in [1.807, 2.05) is 61.5 Å². The summed E-state index contributed by atoms with van der Waals surface area (Å²) in [6.45, 7) is 2.51. The van der Waals surface area contributed by atoms with E-state index in [1.54, 1.807) is 4.57 Å². The summed E-state index contributed by atoms with van der Waals surface area (Å²) in [4.78, 5) is 29.6. The van der Waals surface area contributed by atoms with Gasteiger partial charge < -0.3 is 0 Å². The van der Waals surface area contributed by atoms with E-state index in [4.69, 9.17) is 0 Å². The van der Waals surface area contributed by atoms with Gasteiger partial charge in [0.05, 0.1) is 11.0 Å². The largest absolute Gasteiger partial charge is 0.329 e. The molecule has 0 aliphatic rings. The zero-order valence-electron chi connectivity index (χ0n) is 15.4. The van der Waals surface area contributed by atoms with Gasteiger partial charge >= 0.3 is 5.69 Å². The highest BCUT2D eigenvalue weighted by Crippen LogP contribution is 2.16. The topological polar surface area (TPSA) is 97.6 Å². The van der Waals surface area contributed by atoms with E-state index >= 15 is 0 Å². The number of carbonyl (C=O) groups is 1. The fourth-order valence-electron chi connectivity index (χ4n) is 3.22. The molecule has 8 heteroatoms. The molecule has 4 rings (SSSR count). The Morgan fingerprint density at radius 1 is 1.04 bits per heavy atom. The number of benzene rings is 2. The number of hydrogen-bond donors (Lipinski definition) is 2. The molecule has 0 saturated heterocycles.